The Labute approximate surface area is 129 Å². The highest BCUT2D eigenvalue weighted by Gasteiger charge is 2.25. The number of alkyl halides is 1. The lowest BCUT2D eigenvalue weighted by Gasteiger charge is -2.28. The number of carbonyl (C=O) groups is 1. The number of rotatable bonds is 3. The number of nitrogens with zero attached hydrogens (tertiary/aromatic N) is 2. The summed E-state index contributed by atoms with van der Waals surface area (Å²) in [5, 5.41) is 4.97. The number of para-hydroxylation sites is 1. The summed E-state index contributed by atoms with van der Waals surface area (Å²) < 4.78 is 5.27. The Balaban J connectivity index is 1.78. The van der Waals surface area contributed by atoms with Crippen molar-refractivity contribution in [3.05, 3.63) is 30.0 Å². The summed E-state index contributed by atoms with van der Waals surface area (Å²) in [5.41, 5.74) is 1.44. The molecule has 1 fully saturated rings. The SMILES string of the molecule is O=C(Cc1noc2ccccc12)N1CCCCCC1CCl. The van der Waals surface area contributed by atoms with E-state index >= 15 is 0 Å². The number of carbonyl (C=O) groups excluding carboxylic acids is 1. The van der Waals surface area contributed by atoms with Gasteiger partial charge in [0.25, 0.3) is 0 Å². The largest absolute Gasteiger partial charge is 0.356 e. The van der Waals surface area contributed by atoms with Crippen molar-refractivity contribution in [3.8, 4) is 0 Å². The highest BCUT2D eigenvalue weighted by Crippen LogP contribution is 2.22. The van der Waals surface area contributed by atoms with Crippen LogP contribution in [0.4, 0.5) is 0 Å². The number of aromatic nitrogens is 1. The molecule has 1 amide bonds. The Hall–Kier alpha value is -1.55. The van der Waals surface area contributed by atoms with Gasteiger partial charge in [0.2, 0.25) is 5.91 Å². The van der Waals surface area contributed by atoms with Crippen LogP contribution < -0.4 is 0 Å². The van der Waals surface area contributed by atoms with E-state index in [2.05, 4.69) is 5.16 Å². The van der Waals surface area contributed by atoms with Crippen molar-refractivity contribution >= 4 is 28.5 Å². The molecule has 1 saturated heterocycles. The van der Waals surface area contributed by atoms with E-state index in [-0.39, 0.29) is 18.4 Å². The van der Waals surface area contributed by atoms with Crippen molar-refractivity contribution < 1.29 is 9.32 Å². The van der Waals surface area contributed by atoms with Crippen LogP contribution >= 0.6 is 11.6 Å². The summed E-state index contributed by atoms with van der Waals surface area (Å²) in [6, 6.07) is 7.79. The van der Waals surface area contributed by atoms with E-state index in [4.69, 9.17) is 16.1 Å². The average molecular weight is 307 g/mol. The maximum absolute atomic E-state index is 12.6. The van der Waals surface area contributed by atoms with Crippen LogP contribution in [0.2, 0.25) is 0 Å². The van der Waals surface area contributed by atoms with Crippen LogP contribution in [-0.2, 0) is 11.2 Å². The summed E-state index contributed by atoms with van der Waals surface area (Å²) in [6.07, 6.45) is 4.65. The van der Waals surface area contributed by atoms with Gasteiger partial charge in [-0.1, -0.05) is 30.1 Å². The van der Waals surface area contributed by atoms with Gasteiger partial charge < -0.3 is 9.42 Å². The summed E-state index contributed by atoms with van der Waals surface area (Å²) >= 11 is 6.04. The molecule has 0 radical (unpaired) electrons. The maximum Gasteiger partial charge on any atom is 0.229 e. The van der Waals surface area contributed by atoms with Gasteiger partial charge in [-0.15, -0.1) is 11.6 Å². The fourth-order valence-corrected chi connectivity index (χ4v) is 3.30. The van der Waals surface area contributed by atoms with Crippen molar-refractivity contribution in [3.63, 3.8) is 0 Å². The molecule has 1 atom stereocenters. The molecule has 2 aromatic rings. The van der Waals surface area contributed by atoms with Gasteiger partial charge in [0, 0.05) is 23.9 Å². The Morgan fingerprint density at radius 3 is 3.05 bits per heavy atom. The summed E-state index contributed by atoms with van der Waals surface area (Å²) in [4.78, 5) is 14.6. The predicted molar refractivity (Wildman–Crippen MR) is 82.4 cm³/mol. The zero-order chi connectivity index (χ0) is 14.7. The number of hydrogen-bond acceptors (Lipinski definition) is 3. The van der Waals surface area contributed by atoms with Crippen LogP contribution in [-0.4, -0.2) is 34.4 Å². The van der Waals surface area contributed by atoms with Gasteiger partial charge in [-0.25, -0.2) is 0 Å². The zero-order valence-corrected chi connectivity index (χ0v) is 12.7. The number of halogens is 1. The molecule has 2 heterocycles. The third-order valence-electron chi connectivity index (χ3n) is 4.15. The van der Waals surface area contributed by atoms with Gasteiger partial charge in [0.1, 0.15) is 5.69 Å². The number of amides is 1. The van der Waals surface area contributed by atoms with Gasteiger partial charge in [0.15, 0.2) is 5.58 Å². The molecule has 0 N–H and O–H groups in total. The molecule has 0 spiro atoms. The first-order chi connectivity index (χ1) is 10.3. The third kappa shape index (κ3) is 3.05. The first-order valence-electron chi connectivity index (χ1n) is 7.48. The van der Waals surface area contributed by atoms with E-state index in [1.54, 1.807) is 0 Å². The quantitative estimate of drug-likeness (QED) is 0.817. The van der Waals surface area contributed by atoms with Crippen LogP contribution in [0.1, 0.15) is 31.4 Å². The van der Waals surface area contributed by atoms with E-state index in [1.807, 2.05) is 29.2 Å². The molecule has 1 aliphatic heterocycles. The number of fused-ring (bicyclic) bond motifs is 1. The van der Waals surface area contributed by atoms with Gasteiger partial charge in [0.05, 0.1) is 6.42 Å². The highest BCUT2D eigenvalue weighted by atomic mass is 35.5. The van der Waals surface area contributed by atoms with Crippen LogP contribution in [0.3, 0.4) is 0 Å². The Kier molecular flexibility index (Phi) is 4.44. The molecule has 1 unspecified atom stereocenters. The van der Waals surface area contributed by atoms with Gasteiger partial charge in [-0.3, -0.25) is 4.79 Å². The first-order valence-corrected chi connectivity index (χ1v) is 8.02. The van der Waals surface area contributed by atoms with Gasteiger partial charge >= 0.3 is 0 Å². The minimum Gasteiger partial charge on any atom is -0.356 e. The number of benzene rings is 1. The van der Waals surface area contributed by atoms with Crippen LogP contribution in [0.15, 0.2) is 28.8 Å². The molecule has 1 aromatic heterocycles. The number of hydrogen-bond donors (Lipinski definition) is 0. The zero-order valence-electron chi connectivity index (χ0n) is 11.9. The lowest BCUT2D eigenvalue weighted by Crippen LogP contribution is -2.42. The standard InChI is InChI=1S/C16H19ClN2O2/c17-11-12-6-2-1-5-9-19(12)16(20)10-14-13-7-3-4-8-15(13)21-18-14/h3-4,7-8,12H,1-2,5-6,9-11H2. The molecular weight excluding hydrogens is 288 g/mol. The smallest absolute Gasteiger partial charge is 0.229 e. The third-order valence-corrected chi connectivity index (χ3v) is 4.50. The average Bonchev–Trinajstić information content (AvgIpc) is 2.76. The molecule has 1 aliphatic rings. The van der Waals surface area contributed by atoms with Crippen molar-refractivity contribution in [1.82, 2.24) is 10.1 Å². The minimum absolute atomic E-state index is 0.0987. The van der Waals surface area contributed by atoms with E-state index < -0.39 is 0 Å². The Bertz CT molecular complexity index is 626. The van der Waals surface area contributed by atoms with Gasteiger partial charge in [-0.2, -0.15) is 0 Å². The summed E-state index contributed by atoms with van der Waals surface area (Å²) in [6.45, 7) is 0.798. The second-order valence-corrected chi connectivity index (χ2v) is 5.86. The van der Waals surface area contributed by atoms with E-state index in [0.29, 0.717) is 11.6 Å². The van der Waals surface area contributed by atoms with Gasteiger partial charge in [-0.05, 0) is 25.0 Å². The molecule has 3 rings (SSSR count). The predicted octanol–water partition coefficient (Wildman–Crippen LogP) is 3.38. The van der Waals surface area contributed by atoms with E-state index in [1.165, 1.54) is 6.42 Å². The Morgan fingerprint density at radius 2 is 2.19 bits per heavy atom. The summed E-state index contributed by atoms with van der Waals surface area (Å²) in [5.74, 6) is 0.604. The molecule has 0 bridgehead atoms. The van der Waals surface area contributed by atoms with Crippen LogP contribution in [0.25, 0.3) is 11.0 Å². The monoisotopic (exact) mass is 306 g/mol. The number of likely N-dealkylation sites (tertiary alicyclic amines) is 1. The molecule has 5 heteroatoms. The fourth-order valence-electron chi connectivity index (χ4n) is 2.98. The molecule has 0 saturated carbocycles. The maximum atomic E-state index is 12.6. The lowest BCUT2D eigenvalue weighted by molar-refractivity contribution is -0.132. The topological polar surface area (TPSA) is 46.3 Å². The molecule has 1 aromatic carbocycles. The highest BCUT2D eigenvalue weighted by molar-refractivity contribution is 6.18. The Morgan fingerprint density at radius 1 is 1.33 bits per heavy atom. The molecule has 0 aliphatic carbocycles. The molecule has 21 heavy (non-hydrogen) atoms. The van der Waals surface area contributed by atoms with E-state index in [9.17, 15) is 4.79 Å². The van der Waals surface area contributed by atoms with E-state index in [0.717, 1.165) is 36.8 Å². The normalized spacial score (nSPS) is 19.7. The van der Waals surface area contributed by atoms with Crippen molar-refractivity contribution in [2.75, 3.05) is 12.4 Å². The van der Waals surface area contributed by atoms with Crippen LogP contribution in [0.5, 0.6) is 0 Å². The van der Waals surface area contributed by atoms with Crippen LogP contribution in [0, 0.1) is 0 Å². The van der Waals surface area contributed by atoms with Crippen molar-refractivity contribution in [2.45, 2.75) is 38.1 Å². The molecular formula is C16H19ClN2O2. The molecule has 112 valence electrons. The minimum atomic E-state index is 0.0987. The second kappa shape index (κ2) is 6.48. The second-order valence-electron chi connectivity index (χ2n) is 5.55. The molecule has 4 nitrogen and oxygen atoms in total. The first kappa shape index (κ1) is 14.4. The lowest BCUT2D eigenvalue weighted by atomic mass is 10.1. The van der Waals surface area contributed by atoms with Crippen molar-refractivity contribution in [1.29, 1.82) is 0 Å². The summed E-state index contributed by atoms with van der Waals surface area (Å²) in [7, 11) is 0. The van der Waals surface area contributed by atoms with Crippen molar-refractivity contribution in [2.24, 2.45) is 0 Å². The fraction of sp³-hybridized carbons (Fsp3) is 0.500.